The zero-order chi connectivity index (χ0) is 31.3. The van der Waals surface area contributed by atoms with E-state index < -0.39 is 23.5 Å². The summed E-state index contributed by atoms with van der Waals surface area (Å²) in [4.78, 5) is 17.4. The minimum atomic E-state index is -4.86. The van der Waals surface area contributed by atoms with E-state index in [0.717, 1.165) is 34.2 Å². The number of carbonyl (C=O) groups excluding carboxylic acids is 1. The highest BCUT2D eigenvalue weighted by atomic mass is 19.4. The summed E-state index contributed by atoms with van der Waals surface area (Å²) in [7, 11) is 1.63. The third-order valence-corrected chi connectivity index (χ3v) is 7.27. The maximum atomic E-state index is 13.3. The first kappa shape index (κ1) is 30.3. The van der Waals surface area contributed by atoms with Gasteiger partial charge in [0.25, 0.3) is 5.91 Å². The highest BCUT2D eigenvalue weighted by Gasteiger charge is 2.32. The van der Waals surface area contributed by atoms with Crippen molar-refractivity contribution in [3.05, 3.63) is 113 Å². The Morgan fingerprint density at radius 3 is 2.50 bits per heavy atom. The van der Waals surface area contributed by atoms with E-state index in [1.807, 2.05) is 42.5 Å². The van der Waals surface area contributed by atoms with E-state index in [-0.39, 0.29) is 17.3 Å². The fourth-order valence-electron chi connectivity index (χ4n) is 4.74. The summed E-state index contributed by atoms with van der Waals surface area (Å²) in [5.74, 6) is 0.484. The van der Waals surface area contributed by atoms with Crippen molar-refractivity contribution in [2.75, 3.05) is 19.0 Å². The van der Waals surface area contributed by atoms with Crippen LogP contribution in [0.15, 0.2) is 102 Å². The maximum absolute atomic E-state index is 13.3. The van der Waals surface area contributed by atoms with Gasteiger partial charge in [-0.25, -0.2) is 4.99 Å². The van der Waals surface area contributed by atoms with Crippen LogP contribution in [0.3, 0.4) is 0 Å². The summed E-state index contributed by atoms with van der Waals surface area (Å²) in [6, 6.07) is 26.8. The van der Waals surface area contributed by atoms with Crippen molar-refractivity contribution in [2.24, 2.45) is 16.6 Å². The van der Waals surface area contributed by atoms with Crippen LogP contribution in [0.2, 0.25) is 0 Å². The van der Waals surface area contributed by atoms with Crippen LogP contribution in [0, 0.1) is 17.2 Å². The molecular formula is C34H30F3N5O2. The van der Waals surface area contributed by atoms with Gasteiger partial charge in [0.15, 0.2) is 0 Å². The van der Waals surface area contributed by atoms with E-state index in [9.17, 15) is 23.2 Å². The second-order valence-electron chi connectivity index (χ2n) is 10.6. The lowest BCUT2D eigenvalue weighted by atomic mass is 9.95. The van der Waals surface area contributed by atoms with Crippen LogP contribution in [0.4, 0.5) is 24.5 Å². The minimum absolute atomic E-state index is 0.132. The molecule has 1 atom stereocenters. The van der Waals surface area contributed by atoms with Crippen molar-refractivity contribution in [3.8, 4) is 11.8 Å². The van der Waals surface area contributed by atoms with Gasteiger partial charge in [-0.15, -0.1) is 0 Å². The summed E-state index contributed by atoms with van der Waals surface area (Å²) in [5.41, 5.74) is 5.83. The molecule has 1 fully saturated rings. The number of carbonyl (C=O) groups is 1. The summed E-state index contributed by atoms with van der Waals surface area (Å²) < 4.78 is 45.2. The summed E-state index contributed by atoms with van der Waals surface area (Å²) in [6.45, 7) is 0.821. The molecule has 44 heavy (non-hydrogen) atoms. The van der Waals surface area contributed by atoms with Crippen LogP contribution >= 0.6 is 0 Å². The first-order chi connectivity index (χ1) is 21.1. The van der Waals surface area contributed by atoms with Crippen molar-refractivity contribution in [1.82, 2.24) is 5.32 Å². The van der Waals surface area contributed by atoms with Crippen LogP contribution in [0.5, 0.6) is 5.75 Å². The number of nitriles is 1. The van der Waals surface area contributed by atoms with Gasteiger partial charge >= 0.3 is 6.18 Å². The molecule has 1 unspecified atom stereocenters. The Balaban J connectivity index is 1.46. The molecule has 224 valence electrons. The molecule has 0 heterocycles. The number of fused-ring (bicyclic) bond motifs is 1. The highest BCUT2D eigenvalue weighted by molar-refractivity contribution is 6.47. The molecule has 10 heteroatoms. The van der Waals surface area contributed by atoms with Gasteiger partial charge in [0, 0.05) is 5.69 Å². The molecule has 4 aromatic rings. The number of rotatable bonds is 10. The van der Waals surface area contributed by atoms with E-state index in [0.29, 0.717) is 17.7 Å². The Hall–Kier alpha value is -5.14. The summed E-state index contributed by atoms with van der Waals surface area (Å²) in [6.07, 6.45) is -2.04. The molecule has 1 amide bonds. The number of nitrogens with one attached hydrogen (secondary N) is 2. The number of ether oxygens (including phenoxy) is 1. The monoisotopic (exact) mass is 597 g/mol. The lowest BCUT2D eigenvalue weighted by Gasteiger charge is -2.21. The van der Waals surface area contributed by atoms with Crippen molar-refractivity contribution < 1.29 is 22.7 Å². The van der Waals surface area contributed by atoms with E-state index >= 15 is 0 Å². The molecule has 0 aromatic heterocycles. The predicted molar refractivity (Wildman–Crippen MR) is 165 cm³/mol. The molecular weight excluding hydrogens is 567 g/mol. The molecule has 4 aromatic carbocycles. The van der Waals surface area contributed by atoms with E-state index in [2.05, 4.69) is 21.7 Å². The molecule has 0 spiro atoms. The lowest BCUT2D eigenvalue weighted by Crippen LogP contribution is -2.27. The fourth-order valence-corrected chi connectivity index (χ4v) is 4.74. The Bertz CT molecular complexity index is 1790. The number of allylic oxidation sites excluding steroid dienone is 1. The van der Waals surface area contributed by atoms with Gasteiger partial charge in [0.1, 0.15) is 17.2 Å². The SMILES string of the molecule is COc1ccc2cc(C(NCC3CC3)c3cccc(NC(=O)C(C=C(N)C(F)(F)F)=Nc4cccc(C#N)c4)c3)ccc2c1. The zero-order valence-corrected chi connectivity index (χ0v) is 23.9. The molecule has 0 radical (unpaired) electrons. The zero-order valence-electron chi connectivity index (χ0n) is 23.9. The van der Waals surface area contributed by atoms with Crippen LogP contribution in [-0.4, -0.2) is 31.4 Å². The number of aliphatic imine (C=N–C) groups is 1. The molecule has 0 aliphatic heterocycles. The van der Waals surface area contributed by atoms with Gasteiger partial charge in [0.2, 0.25) is 0 Å². The van der Waals surface area contributed by atoms with Crippen molar-refractivity contribution in [3.63, 3.8) is 0 Å². The fraction of sp³-hybridized carbons (Fsp3) is 0.206. The minimum Gasteiger partial charge on any atom is -0.497 e. The third kappa shape index (κ3) is 7.62. The molecule has 1 aliphatic rings. The number of hydrogen-bond donors (Lipinski definition) is 3. The van der Waals surface area contributed by atoms with E-state index in [1.165, 1.54) is 37.1 Å². The molecule has 0 saturated heterocycles. The van der Waals surface area contributed by atoms with Crippen LogP contribution in [-0.2, 0) is 4.79 Å². The van der Waals surface area contributed by atoms with Crippen LogP contribution in [0.1, 0.15) is 35.6 Å². The second kappa shape index (κ2) is 13.0. The van der Waals surface area contributed by atoms with Crippen LogP contribution in [0.25, 0.3) is 10.8 Å². The number of amides is 1. The normalized spacial score (nSPS) is 14.6. The highest BCUT2D eigenvalue weighted by Crippen LogP contribution is 2.32. The van der Waals surface area contributed by atoms with Crippen molar-refractivity contribution in [2.45, 2.75) is 25.1 Å². The van der Waals surface area contributed by atoms with Gasteiger partial charge in [-0.05, 0) is 102 Å². The van der Waals surface area contributed by atoms with Crippen molar-refractivity contribution in [1.29, 1.82) is 5.26 Å². The molecule has 7 nitrogen and oxygen atoms in total. The lowest BCUT2D eigenvalue weighted by molar-refractivity contribution is -0.110. The molecule has 1 aliphatic carbocycles. The Morgan fingerprint density at radius 1 is 1.05 bits per heavy atom. The Labute approximate surface area is 252 Å². The van der Waals surface area contributed by atoms with E-state index in [1.54, 1.807) is 25.3 Å². The maximum Gasteiger partial charge on any atom is 0.430 e. The third-order valence-electron chi connectivity index (χ3n) is 7.27. The van der Waals surface area contributed by atoms with Gasteiger partial charge in [-0.1, -0.05) is 36.4 Å². The Kier molecular flexibility index (Phi) is 8.97. The molecule has 1 saturated carbocycles. The number of halogens is 3. The summed E-state index contributed by atoms with van der Waals surface area (Å²) >= 11 is 0. The summed E-state index contributed by atoms with van der Waals surface area (Å²) in [5, 5.41) is 17.6. The molecule has 4 N–H and O–H groups in total. The van der Waals surface area contributed by atoms with Gasteiger partial charge in [0.05, 0.1) is 30.5 Å². The topological polar surface area (TPSA) is 113 Å². The Morgan fingerprint density at radius 2 is 1.77 bits per heavy atom. The smallest absolute Gasteiger partial charge is 0.430 e. The van der Waals surface area contributed by atoms with Crippen molar-refractivity contribution >= 4 is 33.8 Å². The number of nitrogens with zero attached hydrogens (tertiary/aromatic N) is 2. The van der Waals surface area contributed by atoms with Gasteiger partial charge in [-0.2, -0.15) is 18.4 Å². The quantitative estimate of drug-likeness (QED) is 0.172. The first-order valence-electron chi connectivity index (χ1n) is 14.0. The van der Waals surface area contributed by atoms with Crippen LogP contribution < -0.4 is 21.1 Å². The standard InChI is InChI=1S/C34H30F3N5O2/c1-44-29-13-12-23-15-26(11-10-24(23)17-29)32(40-20-21-8-9-21)25-5-3-7-28(16-25)42-33(43)30(18-31(39)34(35,36)37)41-27-6-2-4-22(14-27)19-38/h2-7,10-18,21,32,40H,8-9,20,39H2,1H3,(H,42,43). The average Bonchev–Trinajstić information content (AvgIpc) is 3.85. The number of alkyl halides is 3. The number of hydrogen-bond acceptors (Lipinski definition) is 6. The second-order valence-corrected chi connectivity index (χ2v) is 10.6. The average molecular weight is 598 g/mol. The predicted octanol–water partition coefficient (Wildman–Crippen LogP) is 6.93. The first-order valence-corrected chi connectivity index (χ1v) is 14.0. The van der Waals surface area contributed by atoms with E-state index in [4.69, 9.17) is 10.5 Å². The largest absolute Gasteiger partial charge is 0.497 e. The van der Waals surface area contributed by atoms with Gasteiger partial charge in [-0.3, -0.25) is 4.79 Å². The van der Waals surface area contributed by atoms with Gasteiger partial charge < -0.3 is 21.1 Å². The molecule has 5 rings (SSSR count). The number of nitrogens with two attached hydrogens (primary N) is 1. The molecule has 0 bridgehead atoms. The number of methoxy groups -OCH3 is 1. The number of benzene rings is 4. The number of anilines is 1.